The molecule has 0 atom stereocenters. The third-order valence-electron chi connectivity index (χ3n) is 6.79. The first-order chi connectivity index (χ1) is 15.5. The van der Waals surface area contributed by atoms with Gasteiger partial charge >= 0.3 is 0 Å². The van der Waals surface area contributed by atoms with E-state index in [-0.39, 0.29) is 35.7 Å². The van der Waals surface area contributed by atoms with Crippen LogP contribution in [0.25, 0.3) is 0 Å². The van der Waals surface area contributed by atoms with Gasteiger partial charge in [0.05, 0.1) is 17.7 Å². The first-order valence-electron chi connectivity index (χ1n) is 11.6. The number of fused-ring (bicyclic) bond motifs is 1. The number of amides is 4. The smallest absolute Gasteiger partial charge is 0.261 e. The number of nitrogens with zero attached hydrogens (tertiary/aromatic N) is 2. The molecule has 8 heteroatoms. The topological polar surface area (TPSA) is 96.0 Å². The molecule has 8 nitrogen and oxygen atoms in total. The van der Waals surface area contributed by atoms with Gasteiger partial charge in [-0.05, 0) is 43.9 Å². The van der Waals surface area contributed by atoms with Gasteiger partial charge in [-0.1, -0.05) is 19.3 Å². The molecule has 1 aliphatic carbocycles. The Morgan fingerprint density at radius 2 is 1.69 bits per heavy atom. The zero-order valence-electron chi connectivity index (χ0n) is 18.6. The molecule has 172 valence electrons. The average Bonchev–Trinajstić information content (AvgIpc) is 3.07. The first kappa shape index (κ1) is 22.5. The molecule has 0 radical (unpaired) electrons. The van der Waals surface area contributed by atoms with Gasteiger partial charge < -0.3 is 15.0 Å². The second kappa shape index (κ2) is 9.81. The van der Waals surface area contributed by atoms with Crippen molar-refractivity contribution in [2.45, 2.75) is 63.5 Å². The number of hydrogen-bond donors (Lipinski definition) is 1. The molecule has 0 spiro atoms. The minimum absolute atomic E-state index is 0.0339. The van der Waals surface area contributed by atoms with Crippen LogP contribution in [0.5, 0.6) is 0 Å². The van der Waals surface area contributed by atoms with Crippen molar-refractivity contribution in [3.8, 4) is 0 Å². The lowest BCUT2D eigenvalue weighted by Gasteiger charge is -2.32. The fourth-order valence-corrected chi connectivity index (χ4v) is 4.97. The van der Waals surface area contributed by atoms with Crippen molar-refractivity contribution in [3.63, 3.8) is 0 Å². The monoisotopic (exact) mass is 441 g/mol. The fourth-order valence-electron chi connectivity index (χ4n) is 4.97. The molecule has 3 aliphatic rings. The molecular weight excluding hydrogens is 410 g/mol. The number of piperidine rings is 1. The zero-order valence-corrected chi connectivity index (χ0v) is 18.6. The number of methoxy groups -OCH3 is 1. The number of rotatable bonds is 6. The highest BCUT2D eigenvalue weighted by molar-refractivity contribution is 6.22. The highest BCUT2D eigenvalue weighted by Crippen LogP contribution is 2.31. The summed E-state index contributed by atoms with van der Waals surface area (Å²) in [4.78, 5) is 54.0. The van der Waals surface area contributed by atoms with Gasteiger partial charge in [0.15, 0.2) is 0 Å². The first-order valence-corrected chi connectivity index (χ1v) is 11.6. The largest absolute Gasteiger partial charge is 0.384 e. The highest BCUT2D eigenvalue weighted by atomic mass is 16.5. The third kappa shape index (κ3) is 4.55. The summed E-state index contributed by atoms with van der Waals surface area (Å²) in [6, 6.07) is 4.86. The van der Waals surface area contributed by atoms with Crippen LogP contribution in [0.3, 0.4) is 0 Å². The van der Waals surface area contributed by atoms with Crippen LogP contribution in [0.2, 0.25) is 0 Å². The Kier molecular flexibility index (Phi) is 6.89. The standard InChI is InChI=1S/C24H31N3O5/c1-32-14-11-21(28)25-17-9-12-26(13-10-17)22(29)16-7-8-19-20(15-16)24(31)27(23(19)30)18-5-3-2-4-6-18/h7-8,15,17-18H,2-6,9-14H2,1H3,(H,25,28). The number of likely N-dealkylation sites (tertiary alicyclic amines) is 1. The number of imide groups is 1. The molecular formula is C24H31N3O5. The third-order valence-corrected chi connectivity index (χ3v) is 6.79. The second-order valence-electron chi connectivity index (χ2n) is 8.91. The Morgan fingerprint density at radius 1 is 1.00 bits per heavy atom. The van der Waals surface area contributed by atoms with Gasteiger partial charge in [0.1, 0.15) is 0 Å². The minimum Gasteiger partial charge on any atom is -0.384 e. The van der Waals surface area contributed by atoms with E-state index in [2.05, 4.69) is 5.32 Å². The number of hydrogen-bond acceptors (Lipinski definition) is 5. The van der Waals surface area contributed by atoms with Crippen molar-refractivity contribution in [1.29, 1.82) is 0 Å². The quantitative estimate of drug-likeness (QED) is 0.684. The Labute approximate surface area is 188 Å². The number of benzene rings is 1. The summed E-state index contributed by atoms with van der Waals surface area (Å²) in [7, 11) is 1.56. The van der Waals surface area contributed by atoms with Gasteiger partial charge in [-0.3, -0.25) is 24.1 Å². The maximum atomic E-state index is 13.1. The highest BCUT2D eigenvalue weighted by Gasteiger charge is 2.40. The van der Waals surface area contributed by atoms with Crippen molar-refractivity contribution in [3.05, 3.63) is 34.9 Å². The van der Waals surface area contributed by atoms with Crippen molar-refractivity contribution in [1.82, 2.24) is 15.1 Å². The van der Waals surface area contributed by atoms with Crippen molar-refractivity contribution < 1.29 is 23.9 Å². The van der Waals surface area contributed by atoms with Crippen LogP contribution in [0.15, 0.2) is 18.2 Å². The van der Waals surface area contributed by atoms with Gasteiger partial charge in [0, 0.05) is 44.3 Å². The van der Waals surface area contributed by atoms with Crippen LogP contribution in [0.4, 0.5) is 0 Å². The number of nitrogens with one attached hydrogen (secondary N) is 1. The van der Waals surface area contributed by atoms with E-state index in [9.17, 15) is 19.2 Å². The zero-order chi connectivity index (χ0) is 22.7. The van der Waals surface area contributed by atoms with E-state index in [4.69, 9.17) is 4.74 Å². The van der Waals surface area contributed by atoms with Crippen LogP contribution >= 0.6 is 0 Å². The van der Waals surface area contributed by atoms with Crippen LogP contribution < -0.4 is 5.32 Å². The van der Waals surface area contributed by atoms with Crippen molar-refractivity contribution in [2.24, 2.45) is 0 Å². The molecule has 32 heavy (non-hydrogen) atoms. The van der Waals surface area contributed by atoms with Crippen molar-refractivity contribution >= 4 is 23.6 Å². The molecule has 1 aromatic carbocycles. The van der Waals surface area contributed by atoms with E-state index in [0.717, 1.165) is 32.1 Å². The van der Waals surface area contributed by atoms with Gasteiger partial charge in [0.25, 0.3) is 17.7 Å². The Hall–Kier alpha value is -2.74. The van der Waals surface area contributed by atoms with Crippen LogP contribution in [0.1, 0.15) is 82.4 Å². The van der Waals surface area contributed by atoms with Crippen LogP contribution in [-0.2, 0) is 9.53 Å². The lowest BCUT2D eigenvalue weighted by molar-refractivity contribution is -0.122. The second-order valence-corrected chi connectivity index (χ2v) is 8.91. The average molecular weight is 442 g/mol. The number of carbonyl (C=O) groups is 4. The van der Waals surface area contributed by atoms with E-state index >= 15 is 0 Å². The SMILES string of the molecule is COCCC(=O)NC1CCN(C(=O)c2ccc3c(c2)C(=O)N(C2CCCCC2)C3=O)CC1. The van der Waals surface area contributed by atoms with E-state index in [1.165, 1.54) is 4.90 Å². The molecule has 2 aliphatic heterocycles. The summed E-state index contributed by atoms with van der Waals surface area (Å²) >= 11 is 0. The molecule has 0 unspecified atom stereocenters. The minimum atomic E-state index is -0.274. The normalized spacial score (nSPS) is 19.9. The summed E-state index contributed by atoms with van der Waals surface area (Å²) < 4.78 is 4.92. The molecule has 1 saturated heterocycles. The van der Waals surface area contributed by atoms with E-state index in [1.807, 2.05) is 0 Å². The van der Waals surface area contributed by atoms with Crippen LogP contribution in [0, 0.1) is 0 Å². The molecule has 1 aromatic rings. The summed E-state index contributed by atoms with van der Waals surface area (Å²) in [5.41, 5.74) is 1.17. The van der Waals surface area contributed by atoms with Crippen molar-refractivity contribution in [2.75, 3.05) is 26.8 Å². The van der Waals surface area contributed by atoms with Gasteiger partial charge in [0.2, 0.25) is 5.91 Å². The lowest BCUT2D eigenvalue weighted by Crippen LogP contribution is -2.46. The summed E-state index contributed by atoms with van der Waals surface area (Å²) in [6.07, 6.45) is 6.61. The molecule has 0 aromatic heterocycles. The fraction of sp³-hybridized carbons (Fsp3) is 0.583. The Bertz CT molecular complexity index is 901. The maximum absolute atomic E-state index is 13.1. The lowest BCUT2D eigenvalue weighted by atomic mass is 9.94. The molecule has 2 fully saturated rings. The van der Waals surface area contributed by atoms with Gasteiger partial charge in [-0.15, -0.1) is 0 Å². The molecule has 2 heterocycles. The number of ether oxygens (including phenoxy) is 1. The molecule has 0 bridgehead atoms. The van der Waals surface area contributed by atoms with Gasteiger partial charge in [-0.2, -0.15) is 0 Å². The van der Waals surface area contributed by atoms with Crippen LogP contribution in [-0.4, -0.2) is 72.3 Å². The van der Waals surface area contributed by atoms with E-state index in [1.54, 1.807) is 30.2 Å². The van der Waals surface area contributed by atoms with Gasteiger partial charge in [-0.25, -0.2) is 0 Å². The maximum Gasteiger partial charge on any atom is 0.261 e. The summed E-state index contributed by atoms with van der Waals surface area (Å²) in [6.45, 7) is 1.46. The molecule has 1 N–H and O–H groups in total. The summed E-state index contributed by atoms with van der Waals surface area (Å²) in [5.74, 6) is -0.695. The number of carbonyl (C=O) groups excluding carboxylic acids is 4. The van der Waals surface area contributed by atoms with E-state index in [0.29, 0.717) is 55.6 Å². The predicted octanol–water partition coefficient (Wildman–Crippen LogP) is 2.37. The Balaban J connectivity index is 1.38. The van der Waals surface area contributed by atoms with E-state index < -0.39 is 0 Å². The molecule has 4 rings (SSSR count). The molecule has 1 saturated carbocycles. The molecule has 4 amide bonds. The Morgan fingerprint density at radius 3 is 2.38 bits per heavy atom. The predicted molar refractivity (Wildman–Crippen MR) is 117 cm³/mol. The summed E-state index contributed by atoms with van der Waals surface area (Å²) in [5, 5.41) is 2.99.